The lowest BCUT2D eigenvalue weighted by atomic mass is 10.1. The molecule has 0 spiro atoms. The summed E-state index contributed by atoms with van der Waals surface area (Å²) in [6.45, 7) is 2.54. The minimum atomic E-state index is -1.33. The number of carboxylic acids is 1. The van der Waals surface area contributed by atoms with E-state index in [-0.39, 0.29) is 19.3 Å². The number of nitrogens with one attached hydrogen (secondary N) is 4. The average molecular weight is 455 g/mol. The summed E-state index contributed by atoms with van der Waals surface area (Å²) in [5.74, 6) is -4.47. The Kier molecular flexibility index (Phi) is 10.2. The maximum atomic E-state index is 12.8. The number of aromatic amines is 1. The minimum absolute atomic E-state index is 0.0619. The smallest absolute Gasteiger partial charge is 0.325 e. The van der Waals surface area contributed by atoms with Crippen LogP contribution in [0.2, 0.25) is 0 Å². The van der Waals surface area contributed by atoms with E-state index in [1.165, 1.54) is 26.4 Å². The van der Waals surface area contributed by atoms with Crippen LogP contribution in [0, 0.1) is 0 Å². The van der Waals surface area contributed by atoms with Gasteiger partial charge in [-0.3, -0.25) is 24.0 Å². The highest BCUT2D eigenvalue weighted by Crippen LogP contribution is 2.04. The van der Waals surface area contributed by atoms with Gasteiger partial charge < -0.3 is 42.6 Å². The second-order valence-corrected chi connectivity index (χ2v) is 7.24. The Bertz CT molecular complexity index is 813. The van der Waals surface area contributed by atoms with E-state index < -0.39 is 59.9 Å². The van der Waals surface area contributed by atoms with Crippen LogP contribution in [0.15, 0.2) is 12.5 Å². The van der Waals surface area contributed by atoms with Crippen molar-refractivity contribution in [2.75, 3.05) is 0 Å². The van der Waals surface area contributed by atoms with Crippen molar-refractivity contribution in [2.24, 2.45) is 11.5 Å². The molecule has 5 atom stereocenters. The highest BCUT2D eigenvalue weighted by molar-refractivity contribution is 5.94. The van der Waals surface area contributed by atoms with Gasteiger partial charge in [-0.25, -0.2) is 4.98 Å². The summed E-state index contributed by atoms with van der Waals surface area (Å²) in [6.07, 6.45) is 1.07. The average Bonchev–Trinajstić information content (AvgIpc) is 3.22. The lowest BCUT2D eigenvalue weighted by molar-refractivity contribution is -0.141. The molecule has 1 heterocycles. The lowest BCUT2D eigenvalue weighted by Crippen LogP contribution is -2.58. The van der Waals surface area contributed by atoms with E-state index in [2.05, 4.69) is 25.9 Å². The van der Waals surface area contributed by atoms with E-state index >= 15 is 0 Å². The van der Waals surface area contributed by atoms with Crippen LogP contribution >= 0.6 is 0 Å². The molecule has 10 N–H and O–H groups in total. The number of primary amides is 1. The van der Waals surface area contributed by atoms with Crippen LogP contribution in [-0.2, 0) is 30.4 Å². The second kappa shape index (κ2) is 12.4. The highest BCUT2D eigenvalue weighted by atomic mass is 16.4. The molecule has 0 saturated heterocycles. The number of rotatable bonds is 13. The molecule has 4 amide bonds. The van der Waals surface area contributed by atoms with E-state index in [1.54, 1.807) is 0 Å². The summed E-state index contributed by atoms with van der Waals surface area (Å²) in [5.41, 5.74) is 11.2. The predicted octanol–water partition coefficient (Wildman–Crippen LogP) is -3.52. The van der Waals surface area contributed by atoms with Crippen LogP contribution in [0.4, 0.5) is 0 Å². The molecule has 1 aromatic heterocycles. The molecular formula is C18H29N7O7. The van der Waals surface area contributed by atoms with Crippen LogP contribution in [0.5, 0.6) is 0 Å². The van der Waals surface area contributed by atoms with E-state index in [4.69, 9.17) is 16.6 Å². The Labute approximate surface area is 183 Å². The van der Waals surface area contributed by atoms with Gasteiger partial charge in [-0.1, -0.05) is 0 Å². The third-order valence-electron chi connectivity index (χ3n) is 4.48. The molecule has 0 bridgehead atoms. The maximum absolute atomic E-state index is 12.8. The number of carbonyl (C=O) groups excluding carboxylic acids is 4. The number of aliphatic hydroxyl groups is 1. The number of nitrogens with two attached hydrogens (primary N) is 2. The lowest BCUT2D eigenvalue weighted by Gasteiger charge is -2.25. The summed E-state index contributed by atoms with van der Waals surface area (Å²) < 4.78 is 0. The number of aromatic nitrogens is 2. The van der Waals surface area contributed by atoms with Crippen molar-refractivity contribution in [1.29, 1.82) is 0 Å². The highest BCUT2D eigenvalue weighted by Gasteiger charge is 2.30. The number of hydrogen-bond donors (Lipinski definition) is 8. The van der Waals surface area contributed by atoms with Gasteiger partial charge in [-0.05, 0) is 20.3 Å². The molecule has 5 unspecified atom stereocenters. The molecule has 0 radical (unpaired) electrons. The van der Waals surface area contributed by atoms with Crippen molar-refractivity contribution >= 4 is 29.6 Å². The van der Waals surface area contributed by atoms with Crippen molar-refractivity contribution in [1.82, 2.24) is 25.9 Å². The number of nitrogens with zero attached hydrogens (tertiary/aromatic N) is 1. The van der Waals surface area contributed by atoms with Crippen molar-refractivity contribution in [3.63, 3.8) is 0 Å². The van der Waals surface area contributed by atoms with Crippen molar-refractivity contribution < 1.29 is 34.2 Å². The number of aliphatic hydroxyl groups excluding tert-OH is 1. The zero-order chi connectivity index (χ0) is 24.4. The van der Waals surface area contributed by atoms with E-state index in [0.29, 0.717) is 5.69 Å². The SMILES string of the molecule is CC(NC(=O)C(Cc1cnc[nH]1)NC(=O)C(CCC(N)=O)NC(=O)C(N)C(C)O)C(=O)O. The monoisotopic (exact) mass is 455 g/mol. The number of aliphatic carboxylic acids is 1. The predicted molar refractivity (Wildman–Crippen MR) is 109 cm³/mol. The molecule has 1 rings (SSSR count). The van der Waals surface area contributed by atoms with E-state index in [0.717, 1.165) is 0 Å². The minimum Gasteiger partial charge on any atom is -0.480 e. The molecular weight excluding hydrogens is 426 g/mol. The molecule has 0 fully saturated rings. The largest absolute Gasteiger partial charge is 0.480 e. The third kappa shape index (κ3) is 8.69. The zero-order valence-electron chi connectivity index (χ0n) is 17.7. The number of carbonyl (C=O) groups is 5. The normalized spacial score (nSPS) is 15.5. The quantitative estimate of drug-likeness (QED) is 0.147. The van der Waals surface area contributed by atoms with Gasteiger partial charge in [0.25, 0.3) is 0 Å². The standard InChI is InChI=1S/C18H29N7O7/c1-8(18(31)32)23-16(29)12(5-10-6-21-7-22-10)25-15(28)11(3-4-13(19)27)24-17(30)14(20)9(2)26/h6-9,11-12,14,26H,3-5,20H2,1-2H3,(H2,19,27)(H,21,22)(H,23,29)(H,24,30)(H,25,28)(H,31,32). The van der Waals surface area contributed by atoms with E-state index in [9.17, 15) is 29.1 Å². The summed E-state index contributed by atoms with van der Waals surface area (Å²) in [4.78, 5) is 66.4. The van der Waals surface area contributed by atoms with Gasteiger partial charge in [-0.15, -0.1) is 0 Å². The number of amides is 4. The molecule has 0 aliphatic heterocycles. The number of hydrogen-bond acceptors (Lipinski definition) is 8. The Morgan fingerprint density at radius 2 is 1.66 bits per heavy atom. The summed E-state index contributed by atoms with van der Waals surface area (Å²) in [7, 11) is 0. The van der Waals surface area contributed by atoms with Gasteiger partial charge in [0.05, 0.1) is 12.4 Å². The summed E-state index contributed by atoms with van der Waals surface area (Å²) >= 11 is 0. The summed E-state index contributed by atoms with van der Waals surface area (Å²) in [6, 6.07) is -5.09. The first-order valence-electron chi connectivity index (χ1n) is 9.75. The number of carboxylic acid groups (broad SMARTS) is 1. The first kappa shape index (κ1) is 26.5. The van der Waals surface area contributed by atoms with Crippen molar-refractivity contribution in [3.05, 3.63) is 18.2 Å². The fraction of sp³-hybridized carbons (Fsp3) is 0.556. The first-order valence-corrected chi connectivity index (χ1v) is 9.75. The topological polar surface area (TPSA) is 243 Å². The van der Waals surface area contributed by atoms with Gasteiger partial charge >= 0.3 is 5.97 Å². The molecule has 0 aromatic carbocycles. The fourth-order valence-corrected chi connectivity index (χ4v) is 2.52. The molecule has 178 valence electrons. The van der Waals surface area contributed by atoms with Crippen LogP contribution in [0.25, 0.3) is 0 Å². The second-order valence-electron chi connectivity index (χ2n) is 7.24. The molecule has 0 aliphatic carbocycles. The molecule has 14 heteroatoms. The van der Waals surface area contributed by atoms with Gasteiger partial charge in [0.2, 0.25) is 23.6 Å². The number of H-pyrrole nitrogens is 1. The summed E-state index contributed by atoms with van der Waals surface area (Å²) in [5, 5.41) is 25.5. The molecule has 32 heavy (non-hydrogen) atoms. The van der Waals surface area contributed by atoms with Crippen molar-refractivity contribution in [2.45, 2.75) is 63.4 Å². The Morgan fingerprint density at radius 1 is 1.06 bits per heavy atom. The Morgan fingerprint density at radius 3 is 2.16 bits per heavy atom. The van der Waals surface area contributed by atoms with Crippen molar-refractivity contribution in [3.8, 4) is 0 Å². The maximum Gasteiger partial charge on any atom is 0.325 e. The van der Waals surface area contributed by atoms with Crippen LogP contribution in [0.3, 0.4) is 0 Å². The zero-order valence-corrected chi connectivity index (χ0v) is 17.7. The van der Waals surface area contributed by atoms with Crippen LogP contribution < -0.4 is 27.4 Å². The van der Waals surface area contributed by atoms with Crippen LogP contribution in [-0.4, -0.2) is 80.1 Å². The first-order chi connectivity index (χ1) is 14.9. The Balaban J connectivity index is 3.02. The van der Waals surface area contributed by atoms with Gasteiger partial charge in [0, 0.05) is 24.7 Å². The van der Waals surface area contributed by atoms with Crippen LogP contribution in [0.1, 0.15) is 32.4 Å². The third-order valence-corrected chi connectivity index (χ3v) is 4.48. The molecule has 1 aromatic rings. The van der Waals surface area contributed by atoms with Gasteiger partial charge in [0.1, 0.15) is 24.2 Å². The molecule has 14 nitrogen and oxygen atoms in total. The van der Waals surface area contributed by atoms with Gasteiger partial charge in [0.15, 0.2) is 0 Å². The molecule has 0 saturated carbocycles. The number of imidazole rings is 1. The fourth-order valence-electron chi connectivity index (χ4n) is 2.52. The Hall–Kier alpha value is -3.52. The molecule has 0 aliphatic rings. The van der Waals surface area contributed by atoms with E-state index in [1.807, 2.05) is 0 Å². The van der Waals surface area contributed by atoms with Gasteiger partial charge in [-0.2, -0.15) is 0 Å².